The summed E-state index contributed by atoms with van der Waals surface area (Å²) in [4.78, 5) is 26.0. The summed E-state index contributed by atoms with van der Waals surface area (Å²) in [6.07, 6.45) is 2.79. The lowest BCUT2D eigenvalue weighted by atomic mass is 10.1. The second-order valence-corrected chi connectivity index (χ2v) is 6.08. The van der Waals surface area contributed by atoms with E-state index in [1.807, 2.05) is 18.2 Å². The number of aliphatic hydroxyl groups excluding tert-OH is 1. The minimum absolute atomic E-state index is 0.124. The van der Waals surface area contributed by atoms with E-state index < -0.39 is 0 Å². The normalized spacial score (nSPS) is 15.0. The first-order valence-electron chi connectivity index (χ1n) is 8.16. The number of pyridine rings is 1. The summed E-state index contributed by atoms with van der Waals surface area (Å²) >= 11 is 0. The minimum Gasteiger partial charge on any atom is -0.396 e. The fourth-order valence-corrected chi connectivity index (χ4v) is 3.25. The number of nitrogens with zero attached hydrogens (tertiary/aromatic N) is 3. The Bertz CT molecular complexity index is 934. The number of nitrogens with two attached hydrogens (primary N) is 1. The van der Waals surface area contributed by atoms with Crippen LogP contribution in [0.1, 0.15) is 25.1 Å². The van der Waals surface area contributed by atoms with E-state index in [-0.39, 0.29) is 12.5 Å². The molecule has 0 aliphatic carbocycles. The number of amides is 1. The molecule has 0 unspecified atom stereocenters. The average molecular weight is 325 g/mol. The highest BCUT2D eigenvalue weighted by Crippen LogP contribution is 2.30. The summed E-state index contributed by atoms with van der Waals surface area (Å²) in [5, 5.41) is 9.88. The van der Waals surface area contributed by atoms with Gasteiger partial charge in [0.05, 0.1) is 5.52 Å². The van der Waals surface area contributed by atoms with Gasteiger partial charge >= 0.3 is 0 Å². The van der Waals surface area contributed by atoms with Gasteiger partial charge in [-0.25, -0.2) is 9.97 Å². The molecule has 0 radical (unpaired) electrons. The van der Waals surface area contributed by atoms with Gasteiger partial charge in [0, 0.05) is 37.1 Å². The number of fused-ring (bicyclic) bond motifs is 3. The van der Waals surface area contributed by atoms with Crippen molar-refractivity contribution in [3.63, 3.8) is 0 Å². The summed E-state index contributed by atoms with van der Waals surface area (Å²) < 4.78 is 0. The zero-order valence-electron chi connectivity index (χ0n) is 13.2. The highest BCUT2D eigenvalue weighted by atomic mass is 16.2. The Balaban J connectivity index is 1.83. The predicted molar refractivity (Wildman–Crippen MR) is 92.8 cm³/mol. The SMILES string of the molecule is Nc1nc2cc(N3CCCC3=O)ccc2c2nc(CCCO)[nH]c12. The molecule has 0 saturated carbocycles. The molecule has 1 saturated heterocycles. The molecule has 1 aliphatic rings. The van der Waals surface area contributed by atoms with Gasteiger partial charge in [-0.1, -0.05) is 0 Å². The van der Waals surface area contributed by atoms with Crippen LogP contribution in [-0.4, -0.2) is 39.1 Å². The number of aromatic amines is 1. The Morgan fingerprint density at radius 1 is 1.33 bits per heavy atom. The molecule has 4 N–H and O–H groups in total. The number of hydrogen-bond donors (Lipinski definition) is 3. The van der Waals surface area contributed by atoms with Gasteiger partial charge in [0.2, 0.25) is 5.91 Å². The van der Waals surface area contributed by atoms with Crippen molar-refractivity contribution in [1.29, 1.82) is 0 Å². The van der Waals surface area contributed by atoms with Gasteiger partial charge < -0.3 is 20.7 Å². The number of nitrogens with one attached hydrogen (secondary N) is 1. The molecule has 124 valence electrons. The van der Waals surface area contributed by atoms with E-state index in [1.54, 1.807) is 4.90 Å². The number of rotatable bonds is 4. The number of anilines is 2. The monoisotopic (exact) mass is 325 g/mol. The molecule has 24 heavy (non-hydrogen) atoms. The molecule has 3 aromatic rings. The van der Waals surface area contributed by atoms with E-state index >= 15 is 0 Å². The Kier molecular flexibility index (Phi) is 3.57. The quantitative estimate of drug-likeness (QED) is 0.677. The minimum atomic E-state index is 0.124. The van der Waals surface area contributed by atoms with Gasteiger partial charge in [0.15, 0.2) is 0 Å². The number of aromatic nitrogens is 3. The topological polar surface area (TPSA) is 108 Å². The lowest BCUT2D eigenvalue weighted by Gasteiger charge is -2.16. The summed E-state index contributed by atoms with van der Waals surface area (Å²) in [6, 6.07) is 5.78. The average Bonchev–Trinajstić information content (AvgIpc) is 3.19. The number of aryl methyl sites for hydroxylation is 1. The fourth-order valence-electron chi connectivity index (χ4n) is 3.25. The standard InChI is InChI=1S/C17H19N5O2/c18-17-16-15(20-13(21-16)3-2-8-23)11-6-5-10(9-12(11)19-17)22-7-1-4-14(22)24/h5-6,9,23H,1-4,7-8H2,(H2,18,19)(H,20,21). The van der Waals surface area contributed by atoms with Crippen molar-refractivity contribution >= 4 is 39.3 Å². The Morgan fingerprint density at radius 3 is 2.96 bits per heavy atom. The van der Waals surface area contributed by atoms with Crippen LogP contribution in [0.25, 0.3) is 21.9 Å². The number of carbonyl (C=O) groups is 1. The number of aliphatic hydroxyl groups is 1. The number of nitrogen functional groups attached to an aromatic ring is 1. The number of benzene rings is 1. The Labute approximate surface area is 138 Å². The van der Waals surface area contributed by atoms with Crippen molar-refractivity contribution in [2.45, 2.75) is 25.7 Å². The van der Waals surface area contributed by atoms with Crippen LogP contribution < -0.4 is 10.6 Å². The highest BCUT2D eigenvalue weighted by Gasteiger charge is 2.22. The zero-order chi connectivity index (χ0) is 16.7. The summed E-state index contributed by atoms with van der Waals surface area (Å²) in [7, 11) is 0. The fraction of sp³-hybridized carbons (Fsp3) is 0.353. The van der Waals surface area contributed by atoms with Crippen molar-refractivity contribution in [3.05, 3.63) is 24.0 Å². The molecular formula is C17H19N5O2. The molecule has 0 bridgehead atoms. The van der Waals surface area contributed by atoms with Crippen LogP contribution in [0.4, 0.5) is 11.5 Å². The Morgan fingerprint density at radius 2 is 2.21 bits per heavy atom. The van der Waals surface area contributed by atoms with E-state index in [0.29, 0.717) is 25.1 Å². The molecule has 7 nitrogen and oxygen atoms in total. The largest absolute Gasteiger partial charge is 0.396 e. The van der Waals surface area contributed by atoms with Gasteiger partial charge in [-0.3, -0.25) is 4.79 Å². The molecule has 1 aromatic carbocycles. The second kappa shape index (κ2) is 5.76. The van der Waals surface area contributed by atoms with E-state index in [4.69, 9.17) is 10.8 Å². The van der Waals surface area contributed by atoms with Crippen molar-refractivity contribution in [1.82, 2.24) is 15.0 Å². The smallest absolute Gasteiger partial charge is 0.227 e. The van der Waals surface area contributed by atoms with E-state index in [2.05, 4.69) is 15.0 Å². The van der Waals surface area contributed by atoms with Crippen LogP contribution >= 0.6 is 0 Å². The third-order valence-corrected chi connectivity index (χ3v) is 4.44. The maximum atomic E-state index is 11.9. The van der Waals surface area contributed by atoms with Gasteiger partial charge in [-0.2, -0.15) is 0 Å². The van der Waals surface area contributed by atoms with Crippen LogP contribution in [0.3, 0.4) is 0 Å². The third-order valence-electron chi connectivity index (χ3n) is 4.44. The first-order valence-corrected chi connectivity index (χ1v) is 8.16. The van der Waals surface area contributed by atoms with Crippen molar-refractivity contribution in [2.75, 3.05) is 23.8 Å². The molecule has 2 aromatic heterocycles. The molecule has 4 rings (SSSR count). The van der Waals surface area contributed by atoms with Gasteiger partial charge in [-0.15, -0.1) is 0 Å². The summed E-state index contributed by atoms with van der Waals surface area (Å²) in [5.41, 5.74) is 9.18. The number of imidazole rings is 1. The molecule has 1 fully saturated rings. The van der Waals surface area contributed by atoms with Crippen LogP contribution in [0.15, 0.2) is 18.2 Å². The molecule has 0 atom stereocenters. The highest BCUT2D eigenvalue weighted by molar-refractivity contribution is 6.07. The van der Waals surface area contributed by atoms with Crippen molar-refractivity contribution < 1.29 is 9.90 Å². The third kappa shape index (κ3) is 2.37. The summed E-state index contributed by atoms with van der Waals surface area (Å²) in [6.45, 7) is 0.870. The molecule has 1 aliphatic heterocycles. The van der Waals surface area contributed by atoms with Crippen molar-refractivity contribution in [2.24, 2.45) is 0 Å². The molecule has 0 spiro atoms. The number of H-pyrrole nitrogens is 1. The molecule has 7 heteroatoms. The van der Waals surface area contributed by atoms with E-state index in [1.165, 1.54) is 0 Å². The van der Waals surface area contributed by atoms with Crippen molar-refractivity contribution in [3.8, 4) is 0 Å². The van der Waals surface area contributed by atoms with Gasteiger partial charge in [0.1, 0.15) is 22.7 Å². The number of carbonyl (C=O) groups excluding carboxylic acids is 1. The molecule has 1 amide bonds. The number of hydrogen-bond acceptors (Lipinski definition) is 5. The Hall–Kier alpha value is -2.67. The first-order chi connectivity index (χ1) is 11.7. The van der Waals surface area contributed by atoms with Crippen LogP contribution in [0.2, 0.25) is 0 Å². The van der Waals surface area contributed by atoms with E-state index in [9.17, 15) is 4.79 Å². The maximum absolute atomic E-state index is 11.9. The van der Waals surface area contributed by atoms with Crippen LogP contribution in [-0.2, 0) is 11.2 Å². The van der Waals surface area contributed by atoms with Gasteiger partial charge in [0.25, 0.3) is 0 Å². The van der Waals surface area contributed by atoms with Crippen LogP contribution in [0.5, 0.6) is 0 Å². The van der Waals surface area contributed by atoms with Crippen LogP contribution in [0, 0.1) is 0 Å². The van der Waals surface area contributed by atoms with E-state index in [0.717, 1.165) is 46.4 Å². The molecular weight excluding hydrogens is 306 g/mol. The van der Waals surface area contributed by atoms with Gasteiger partial charge in [-0.05, 0) is 31.0 Å². The lowest BCUT2D eigenvalue weighted by molar-refractivity contribution is -0.117. The first kappa shape index (κ1) is 14.9. The summed E-state index contributed by atoms with van der Waals surface area (Å²) in [5.74, 6) is 1.33. The second-order valence-electron chi connectivity index (χ2n) is 6.08. The lowest BCUT2D eigenvalue weighted by Crippen LogP contribution is -2.23. The molecule has 3 heterocycles. The maximum Gasteiger partial charge on any atom is 0.227 e. The zero-order valence-corrected chi connectivity index (χ0v) is 13.2. The predicted octanol–water partition coefficient (Wildman–Crippen LogP) is 1.74.